The van der Waals surface area contributed by atoms with Crippen molar-refractivity contribution in [1.29, 1.82) is 0 Å². The van der Waals surface area contributed by atoms with Gasteiger partial charge in [0.25, 0.3) is 0 Å². The van der Waals surface area contributed by atoms with Crippen LogP contribution in [0, 0.1) is 0 Å². The lowest BCUT2D eigenvalue weighted by molar-refractivity contribution is -0.0679. The molecule has 7 nitrogen and oxygen atoms in total. The molecule has 1 rings (SSSR count). The summed E-state index contributed by atoms with van der Waals surface area (Å²) in [5, 5.41) is 6.78. The molecule has 0 aromatic carbocycles. The number of methoxy groups -OCH3 is 1. The van der Waals surface area contributed by atoms with E-state index in [1.54, 1.807) is 7.11 Å². The van der Waals surface area contributed by atoms with Crippen molar-refractivity contribution in [3.05, 3.63) is 0 Å². The third kappa shape index (κ3) is 12.3. The van der Waals surface area contributed by atoms with E-state index in [0.717, 1.165) is 71.2 Å². The summed E-state index contributed by atoms with van der Waals surface area (Å²) in [7, 11) is 5.71. The van der Waals surface area contributed by atoms with E-state index in [-0.39, 0.29) is 24.0 Å². The van der Waals surface area contributed by atoms with Crippen molar-refractivity contribution in [2.24, 2.45) is 4.99 Å². The first kappa shape index (κ1) is 25.8. The third-order valence-electron chi connectivity index (χ3n) is 4.34. The van der Waals surface area contributed by atoms with Crippen LogP contribution >= 0.6 is 24.0 Å². The molecule has 2 N–H and O–H groups in total. The third-order valence-corrected chi connectivity index (χ3v) is 4.34. The second-order valence-electron chi connectivity index (χ2n) is 6.95. The molecule has 0 spiro atoms. The number of hydrogen-bond donors (Lipinski definition) is 2. The minimum atomic E-state index is 0. The molecule has 26 heavy (non-hydrogen) atoms. The van der Waals surface area contributed by atoms with E-state index < -0.39 is 0 Å². The first-order valence-corrected chi connectivity index (χ1v) is 9.55. The molecular formula is C18H40IN5O2. The van der Waals surface area contributed by atoms with Gasteiger partial charge in [0.15, 0.2) is 5.96 Å². The van der Waals surface area contributed by atoms with Gasteiger partial charge in [-0.2, -0.15) is 0 Å². The number of aliphatic imine (C=N–C) groups is 1. The minimum Gasteiger partial charge on any atom is -0.385 e. The number of morpholine rings is 1. The molecule has 8 heteroatoms. The molecule has 1 aliphatic heterocycles. The lowest BCUT2D eigenvalue weighted by Gasteiger charge is -2.35. The van der Waals surface area contributed by atoms with Crippen LogP contribution < -0.4 is 10.6 Å². The Balaban J connectivity index is 0.00000625. The highest BCUT2D eigenvalue weighted by Gasteiger charge is 2.21. The Hall–Kier alpha value is -0.160. The maximum atomic E-state index is 5.78. The number of ether oxygens (including phenoxy) is 2. The normalized spacial score (nSPS) is 21.5. The van der Waals surface area contributed by atoms with E-state index in [1.807, 2.05) is 7.05 Å². The standard InChI is InChI=1S/C18H39N5O2.HI/c1-16-14-23(15-17(2)25-16)11-6-8-20-18(19-3)21-9-12-22(4)10-7-13-24-5;/h16-17H,6-15H2,1-5H3,(H2,19,20,21);1H. The Bertz CT molecular complexity index is 363. The Morgan fingerprint density at radius 3 is 2.42 bits per heavy atom. The number of guanidine groups is 1. The van der Waals surface area contributed by atoms with E-state index in [1.165, 1.54) is 0 Å². The Morgan fingerprint density at radius 1 is 1.15 bits per heavy atom. The van der Waals surface area contributed by atoms with Crippen LogP contribution in [0.5, 0.6) is 0 Å². The summed E-state index contributed by atoms with van der Waals surface area (Å²) in [6, 6.07) is 0. The zero-order chi connectivity index (χ0) is 18.5. The zero-order valence-electron chi connectivity index (χ0n) is 17.3. The van der Waals surface area contributed by atoms with E-state index in [4.69, 9.17) is 9.47 Å². The average molecular weight is 485 g/mol. The molecule has 0 radical (unpaired) electrons. The van der Waals surface area contributed by atoms with Gasteiger partial charge in [0.05, 0.1) is 12.2 Å². The highest BCUT2D eigenvalue weighted by Crippen LogP contribution is 2.10. The molecule has 0 aliphatic carbocycles. The van der Waals surface area contributed by atoms with Crippen molar-refractivity contribution in [3.8, 4) is 0 Å². The predicted molar refractivity (Wildman–Crippen MR) is 120 cm³/mol. The Kier molecular flexibility index (Phi) is 15.8. The fourth-order valence-electron chi connectivity index (χ4n) is 3.15. The van der Waals surface area contributed by atoms with Crippen molar-refractivity contribution < 1.29 is 9.47 Å². The quantitative estimate of drug-likeness (QED) is 0.199. The van der Waals surface area contributed by atoms with Gasteiger partial charge in [-0.3, -0.25) is 9.89 Å². The lowest BCUT2D eigenvalue weighted by atomic mass is 10.2. The van der Waals surface area contributed by atoms with Gasteiger partial charge in [0.1, 0.15) is 0 Å². The van der Waals surface area contributed by atoms with E-state index >= 15 is 0 Å². The second-order valence-corrected chi connectivity index (χ2v) is 6.95. The molecule has 0 amide bonds. The van der Waals surface area contributed by atoms with Crippen molar-refractivity contribution >= 4 is 29.9 Å². The molecule has 1 fully saturated rings. The lowest BCUT2D eigenvalue weighted by Crippen LogP contribution is -2.46. The minimum absolute atomic E-state index is 0. The Labute approximate surface area is 177 Å². The summed E-state index contributed by atoms with van der Waals surface area (Å²) in [6.07, 6.45) is 2.86. The molecule has 0 aromatic rings. The molecule has 0 saturated carbocycles. The average Bonchev–Trinajstić information content (AvgIpc) is 2.56. The molecule has 2 unspecified atom stereocenters. The number of hydrogen-bond acceptors (Lipinski definition) is 5. The van der Waals surface area contributed by atoms with E-state index in [2.05, 4.69) is 46.3 Å². The van der Waals surface area contributed by atoms with Crippen molar-refractivity contribution in [3.63, 3.8) is 0 Å². The van der Waals surface area contributed by atoms with Gasteiger partial charge in [-0.25, -0.2) is 0 Å². The number of likely N-dealkylation sites (N-methyl/N-ethyl adjacent to an activating group) is 1. The largest absolute Gasteiger partial charge is 0.385 e. The molecule has 0 aromatic heterocycles. The zero-order valence-corrected chi connectivity index (χ0v) is 19.6. The number of rotatable bonds is 11. The van der Waals surface area contributed by atoms with E-state index in [9.17, 15) is 0 Å². The maximum absolute atomic E-state index is 5.78. The van der Waals surface area contributed by atoms with Crippen LogP contribution in [0.2, 0.25) is 0 Å². The molecule has 1 aliphatic rings. The molecule has 1 saturated heterocycles. The first-order valence-electron chi connectivity index (χ1n) is 9.55. The molecule has 2 atom stereocenters. The molecule has 1 heterocycles. The van der Waals surface area contributed by atoms with Gasteiger partial charge in [-0.15, -0.1) is 24.0 Å². The number of nitrogens with one attached hydrogen (secondary N) is 2. The van der Waals surface area contributed by atoms with Crippen LogP contribution in [0.1, 0.15) is 26.7 Å². The van der Waals surface area contributed by atoms with Gasteiger partial charge in [-0.05, 0) is 33.7 Å². The van der Waals surface area contributed by atoms with Crippen LogP contribution in [0.15, 0.2) is 4.99 Å². The topological polar surface area (TPSA) is 61.4 Å². The maximum Gasteiger partial charge on any atom is 0.191 e. The summed E-state index contributed by atoms with van der Waals surface area (Å²) in [6.45, 7) is 12.2. The van der Waals surface area contributed by atoms with Gasteiger partial charge in [0.2, 0.25) is 0 Å². The summed E-state index contributed by atoms with van der Waals surface area (Å²) < 4.78 is 10.9. The van der Waals surface area contributed by atoms with Crippen molar-refractivity contribution in [1.82, 2.24) is 20.4 Å². The Morgan fingerprint density at radius 2 is 1.81 bits per heavy atom. The summed E-state index contributed by atoms with van der Waals surface area (Å²) in [4.78, 5) is 9.09. The van der Waals surface area contributed by atoms with Gasteiger partial charge in [0, 0.05) is 66.6 Å². The van der Waals surface area contributed by atoms with Gasteiger partial charge < -0.3 is 25.0 Å². The van der Waals surface area contributed by atoms with Crippen molar-refractivity contribution in [2.45, 2.75) is 38.9 Å². The van der Waals surface area contributed by atoms with Crippen LogP contribution in [0.3, 0.4) is 0 Å². The summed E-state index contributed by atoms with van der Waals surface area (Å²) in [5.41, 5.74) is 0. The fourth-order valence-corrected chi connectivity index (χ4v) is 3.15. The smallest absolute Gasteiger partial charge is 0.191 e. The summed E-state index contributed by atoms with van der Waals surface area (Å²) in [5.74, 6) is 0.883. The predicted octanol–water partition coefficient (Wildman–Crippen LogP) is 1.24. The highest BCUT2D eigenvalue weighted by atomic mass is 127. The van der Waals surface area contributed by atoms with Gasteiger partial charge in [-0.1, -0.05) is 0 Å². The molecule has 156 valence electrons. The van der Waals surface area contributed by atoms with Crippen LogP contribution in [0.4, 0.5) is 0 Å². The van der Waals surface area contributed by atoms with E-state index in [0.29, 0.717) is 12.2 Å². The van der Waals surface area contributed by atoms with Crippen molar-refractivity contribution in [2.75, 3.05) is 73.6 Å². The fraction of sp³-hybridized carbons (Fsp3) is 0.944. The molecule has 0 bridgehead atoms. The van der Waals surface area contributed by atoms with Gasteiger partial charge >= 0.3 is 0 Å². The monoisotopic (exact) mass is 485 g/mol. The second kappa shape index (κ2) is 15.9. The number of halogens is 1. The first-order chi connectivity index (χ1) is 12.0. The van der Waals surface area contributed by atoms with Crippen LogP contribution in [0.25, 0.3) is 0 Å². The summed E-state index contributed by atoms with van der Waals surface area (Å²) >= 11 is 0. The number of nitrogens with zero attached hydrogens (tertiary/aromatic N) is 3. The highest BCUT2D eigenvalue weighted by molar-refractivity contribution is 14.0. The SMILES string of the molecule is CN=C(NCCCN1CC(C)OC(C)C1)NCCN(C)CCCOC.I. The van der Waals surface area contributed by atoms with Crippen LogP contribution in [-0.4, -0.2) is 102 Å². The molecular weight excluding hydrogens is 445 g/mol. The van der Waals surface area contributed by atoms with Crippen LogP contribution in [-0.2, 0) is 9.47 Å².